The van der Waals surface area contributed by atoms with Crippen LogP contribution in [-0.2, 0) is 17.1 Å². The number of aryl methyl sites for hydroxylation is 1. The quantitative estimate of drug-likeness (QED) is 0.437. The third-order valence-corrected chi connectivity index (χ3v) is 6.55. The molecule has 30 heavy (non-hydrogen) atoms. The number of anilines is 1. The van der Waals surface area contributed by atoms with Gasteiger partial charge in [0, 0.05) is 41.0 Å². The second-order valence-corrected chi connectivity index (χ2v) is 9.00. The molecule has 1 aromatic heterocycles. The molecule has 0 saturated carbocycles. The third kappa shape index (κ3) is 6.71. The summed E-state index contributed by atoms with van der Waals surface area (Å²) in [5, 5.41) is 7.84. The highest BCUT2D eigenvalue weighted by atomic mass is 32.2. The smallest absolute Gasteiger partial charge is 0.251 e. The topological polar surface area (TPSA) is 71.1 Å². The number of thioether (sulfide) groups is 1. The first-order chi connectivity index (χ1) is 14.5. The maximum atomic E-state index is 12.4. The summed E-state index contributed by atoms with van der Waals surface area (Å²) in [5.41, 5.74) is 4.58. The van der Waals surface area contributed by atoms with Crippen LogP contribution in [-0.4, -0.2) is 16.8 Å². The molecule has 0 atom stereocenters. The predicted molar refractivity (Wildman–Crippen MR) is 124 cm³/mol. The molecule has 3 aromatic rings. The molecule has 0 radical (unpaired) electrons. The zero-order chi connectivity index (χ0) is 21.3. The van der Waals surface area contributed by atoms with Gasteiger partial charge in [0.25, 0.3) is 5.91 Å². The van der Waals surface area contributed by atoms with Crippen LogP contribution >= 0.6 is 23.1 Å². The van der Waals surface area contributed by atoms with Crippen LogP contribution in [0.1, 0.15) is 46.9 Å². The van der Waals surface area contributed by atoms with Crippen molar-refractivity contribution in [1.82, 2.24) is 10.3 Å². The number of thiazole rings is 1. The number of carbonyl (C=O) groups excluding carboxylic acids is 2. The van der Waals surface area contributed by atoms with Crippen LogP contribution in [0.4, 0.5) is 5.69 Å². The first kappa shape index (κ1) is 22.1. The molecule has 156 valence electrons. The Morgan fingerprint density at radius 2 is 1.73 bits per heavy atom. The summed E-state index contributed by atoms with van der Waals surface area (Å²) in [7, 11) is 0. The number of aromatic nitrogens is 1. The standard InChI is InChI=1S/C23H25N3O2S2/c1-3-4-21(27)26-20-11-7-17(8-12-20)13-24-22(28)19-9-5-18(6-10-19)15-30-23-25-16(2)14-29-23/h5-12,14H,3-4,13,15H2,1-2H3,(H,24,28)(H,26,27). The van der Waals surface area contributed by atoms with E-state index < -0.39 is 0 Å². The normalized spacial score (nSPS) is 10.6. The predicted octanol–water partition coefficient (Wildman–Crippen LogP) is 5.41. The lowest BCUT2D eigenvalue weighted by Crippen LogP contribution is -2.22. The van der Waals surface area contributed by atoms with Crippen molar-refractivity contribution in [2.24, 2.45) is 0 Å². The molecular weight excluding hydrogens is 414 g/mol. The Bertz CT molecular complexity index is 982. The molecule has 5 nitrogen and oxygen atoms in total. The summed E-state index contributed by atoms with van der Waals surface area (Å²) < 4.78 is 1.06. The van der Waals surface area contributed by atoms with Crippen LogP contribution in [0.25, 0.3) is 0 Å². The van der Waals surface area contributed by atoms with Crippen molar-refractivity contribution < 1.29 is 9.59 Å². The molecule has 0 fully saturated rings. The van der Waals surface area contributed by atoms with Crippen molar-refractivity contribution in [2.45, 2.75) is 43.3 Å². The molecule has 0 aliphatic heterocycles. The molecule has 2 amide bonds. The van der Waals surface area contributed by atoms with E-state index >= 15 is 0 Å². The Kier molecular flexibility index (Phi) is 8.04. The molecule has 1 heterocycles. The van der Waals surface area contributed by atoms with Gasteiger partial charge in [0.05, 0.1) is 0 Å². The second-order valence-electron chi connectivity index (χ2n) is 6.92. The van der Waals surface area contributed by atoms with Gasteiger partial charge in [-0.05, 0) is 48.7 Å². The molecule has 2 N–H and O–H groups in total. The van der Waals surface area contributed by atoms with E-state index in [1.54, 1.807) is 23.1 Å². The van der Waals surface area contributed by atoms with Gasteiger partial charge in [-0.25, -0.2) is 4.98 Å². The molecule has 0 aliphatic carbocycles. The van der Waals surface area contributed by atoms with E-state index in [9.17, 15) is 9.59 Å². The number of amides is 2. The van der Waals surface area contributed by atoms with Gasteiger partial charge in [0.15, 0.2) is 0 Å². The van der Waals surface area contributed by atoms with Crippen LogP contribution in [0.3, 0.4) is 0 Å². The number of hydrogen-bond acceptors (Lipinski definition) is 5. The second kappa shape index (κ2) is 10.9. The summed E-state index contributed by atoms with van der Waals surface area (Å²) in [4.78, 5) is 28.5. The number of benzene rings is 2. The fraction of sp³-hybridized carbons (Fsp3) is 0.261. The Morgan fingerprint density at radius 1 is 1.03 bits per heavy atom. The molecule has 0 aliphatic rings. The van der Waals surface area contributed by atoms with Gasteiger partial charge in [-0.1, -0.05) is 43.0 Å². The Morgan fingerprint density at radius 3 is 2.37 bits per heavy atom. The van der Waals surface area contributed by atoms with Crippen LogP contribution in [0.5, 0.6) is 0 Å². The van der Waals surface area contributed by atoms with Crippen molar-refractivity contribution in [3.05, 3.63) is 76.3 Å². The fourth-order valence-corrected chi connectivity index (χ4v) is 4.54. The lowest BCUT2D eigenvalue weighted by Gasteiger charge is -2.08. The highest BCUT2D eigenvalue weighted by molar-refractivity contribution is 8.00. The Labute approximate surface area is 185 Å². The van der Waals surface area contributed by atoms with Gasteiger partial charge in [-0.15, -0.1) is 11.3 Å². The van der Waals surface area contributed by atoms with Gasteiger partial charge < -0.3 is 10.6 Å². The minimum absolute atomic E-state index is 0.0159. The van der Waals surface area contributed by atoms with Gasteiger partial charge in [0.1, 0.15) is 4.34 Å². The molecular formula is C23H25N3O2S2. The molecule has 0 saturated heterocycles. The number of rotatable bonds is 9. The molecule has 7 heteroatoms. The number of nitrogens with zero attached hydrogens (tertiary/aromatic N) is 1. The number of carbonyl (C=O) groups is 2. The van der Waals surface area contributed by atoms with E-state index in [-0.39, 0.29) is 11.8 Å². The van der Waals surface area contributed by atoms with E-state index in [4.69, 9.17) is 0 Å². The van der Waals surface area contributed by atoms with Crippen molar-refractivity contribution in [2.75, 3.05) is 5.32 Å². The molecule has 3 rings (SSSR count). The largest absolute Gasteiger partial charge is 0.348 e. The van der Waals surface area contributed by atoms with Crippen LogP contribution in [0.15, 0.2) is 58.3 Å². The minimum atomic E-state index is -0.106. The van der Waals surface area contributed by atoms with Gasteiger partial charge >= 0.3 is 0 Å². The van der Waals surface area contributed by atoms with E-state index in [1.807, 2.05) is 67.8 Å². The SMILES string of the molecule is CCCC(=O)Nc1ccc(CNC(=O)c2ccc(CSc3nc(C)cs3)cc2)cc1. The fourth-order valence-electron chi connectivity index (χ4n) is 2.74. The third-order valence-electron chi connectivity index (χ3n) is 4.34. The van der Waals surface area contributed by atoms with Gasteiger partial charge in [0.2, 0.25) is 5.91 Å². The monoisotopic (exact) mass is 439 g/mol. The van der Waals surface area contributed by atoms with E-state index in [1.165, 1.54) is 0 Å². The summed E-state index contributed by atoms with van der Waals surface area (Å²) in [5.74, 6) is 0.739. The highest BCUT2D eigenvalue weighted by Crippen LogP contribution is 2.26. The minimum Gasteiger partial charge on any atom is -0.348 e. The van der Waals surface area contributed by atoms with Crippen molar-refractivity contribution >= 4 is 40.6 Å². The van der Waals surface area contributed by atoms with E-state index in [2.05, 4.69) is 15.6 Å². The van der Waals surface area contributed by atoms with Crippen molar-refractivity contribution in [1.29, 1.82) is 0 Å². The lowest BCUT2D eigenvalue weighted by atomic mass is 10.1. The summed E-state index contributed by atoms with van der Waals surface area (Å²) >= 11 is 3.36. The first-order valence-corrected chi connectivity index (χ1v) is 11.7. The van der Waals surface area contributed by atoms with E-state index in [0.717, 1.165) is 39.0 Å². The average molecular weight is 440 g/mol. The van der Waals surface area contributed by atoms with Crippen LogP contribution < -0.4 is 10.6 Å². The summed E-state index contributed by atoms with van der Waals surface area (Å²) in [6, 6.07) is 15.2. The lowest BCUT2D eigenvalue weighted by molar-refractivity contribution is -0.116. The first-order valence-electron chi connectivity index (χ1n) is 9.84. The number of hydrogen-bond donors (Lipinski definition) is 2. The highest BCUT2D eigenvalue weighted by Gasteiger charge is 2.07. The van der Waals surface area contributed by atoms with Crippen LogP contribution in [0, 0.1) is 6.92 Å². The molecule has 0 unspecified atom stereocenters. The van der Waals surface area contributed by atoms with Gasteiger partial charge in [-0.2, -0.15) is 0 Å². The van der Waals surface area contributed by atoms with Crippen molar-refractivity contribution in [3.8, 4) is 0 Å². The maximum absolute atomic E-state index is 12.4. The molecule has 0 bridgehead atoms. The zero-order valence-corrected chi connectivity index (χ0v) is 18.7. The average Bonchev–Trinajstić information content (AvgIpc) is 3.17. The Hall–Kier alpha value is -2.64. The van der Waals surface area contributed by atoms with Crippen molar-refractivity contribution in [3.63, 3.8) is 0 Å². The summed E-state index contributed by atoms with van der Waals surface area (Å²) in [6.07, 6.45) is 1.33. The summed E-state index contributed by atoms with van der Waals surface area (Å²) in [6.45, 7) is 4.40. The zero-order valence-electron chi connectivity index (χ0n) is 17.1. The maximum Gasteiger partial charge on any atom is 0.251 e. The molecule has 2 aromatic carbocycles. The van der Waals surface area contributed by atoms with Crippen LogP contribution in [0.2, 0.25) is 0 Å². The Balaban J connectivity index is 1.46. The van der Waals surface area contributed by atoms with E-state index in [0.29, 0.717) is 18.5 Å². The van der Waals surface area contributed by atoms with Gasteiger partial charge in [-0.3, -0.25) is 9.59 Å². The molecule has 0 spiro atoms. The number of nitrogens with one attached hydrogen (secondary N) is 2.